The van der Waals surface area contributed by atoms with E-state index in [-0.39, 0.29) is 12.8 Å². The molecule has 22 heavy (non-hydrogen) atoms. The van der Waals surface area contributed by atoms with Gasteiger partial charge in [0.1, 0.15) is 0 Å². The van der Waals surface area contributed by atoms with Gasteiger partial charge in [-0.15, -0.1) is 0 Å². The normalized spacial score (nSPS) is 13.5. The number of benzene rings is 2. The molecule has 1 heterocycles. The fourth-order valence-electron chi connectivity index (χ4n) is 2.28. The summed E-state index contributed by atoms with van der Waals surface area (Å²) in [6, 6.07) is 14.2. The number of anilines is 1. The molecule has 0 saturated heterocycles. The molecular weight excluding hydrogens is 296 g/mol. The van der Waals surface area contributed by atoms with Gasteiger partial charge in [0.25, 0.3) is 0 Å². The molecule has 0 aromatic heterocycles. The number of fused-ring (bicyclic) bond motifs is 1. The van der Waals surface area contributed by atoms with Crippen molar-refractivity contribution in [3.05, 3.63) is 53.6 Å². The summed E-state index contributed by atoms with van der Waals surface area (Å²) in [6.45, 7) is 4.43. The summed E-state index contributed by atoms with van der Waals surface area (Å²) in [4.78, 5) is 0. The van der Waals surface area contributed by atoms with Crippen molar-refractivity contribution in [3.8, 4) is 11.5 Å². The summed E-state index contributed by atoms with van der Waals surface area (Å²) in [7, 11) is 0. The number of ether oxygens (including phenoxy) is 2. The van der Waals surface area contributed by atoms with Crippen LogP contribution in [-0.4, -0.2) is 11.9 Å². The van der Waals surface area contributed by atoms with Crippen molar-refractivity contribution in [1.29, 1.82) is 0 Å². The zero-order chi connectivity index (χ0) is 15.5. The molecule has 114 valence electrons. The first kappa shape index (κ1) is 14.7. The number of hydrogen-bond donors (Lipinski definition) is 2. The molecule has 2 aromatic rings. The smallest absolute Gasteiger partial charge is 0.231 e. The second kappa shape index (κ2) is 6.23. The lowest BCUT2D eigenvalue weighted by atomic mass is 10.1. The molecule has 1 aliphatic rings. The molecule has 0 aliphatic carbocycles. The molecular formula is C17H18N2O2S. The lowest BCUT2D eigenvalue weighted by Crippen LogP contribution is -2.30. The van der Waals surface area contributed by atoms with Crippen LogP contribution in [0.4, 0.5) is 5.69 Å². The number of nitrogens with one attached hydrogen (secondary N) is 2. The van der Waals surface area contributed by atoms with Crippen LogP contribution in [0, 0.1) is 6.92 Å². The van der Waals surface area contributed by atoms with Gasteiger partial charge in [0, 0.05) is 11.8 Å². The van der Waals surface area contributed by atoms with Crippen LogP contribution in [0.25, 0.3) is 0 Å². The molecule has 0 fully saturated rings. The van der Waals surface area contributed by atoms with Crippen molar-refractivity contribution in [3.63, 3.8) is 0 Å². The van der Waals surface area contributed by atoms with Crippen molar-refractivity contribution in [2.45, 2.75) is 19.9 Å². The highest BCUT2D eigenvalue weighted by Gasteiger charge is 2.14. The molecule has 1 unspecified atom stereocenters. The lowest BCUT2D eigenvalue weighted by Gasteiger charge is -2.17. The fraction of sp³-hybridized carbons (Fsp3) is 0.235. The Bertz CT molecular complexity index is 686. The van der Waals surface area contributed by atoms with E-state index < -0.39 is 0 Å². The van der Waals surface area contributed by atoms with E-state index in [1.165, 1.54) is 11.1 Å². The van der Waals surface area contributed by atoms with E-state index in [1.54, 1.807) is 0 Å². The van der Waals surface area contributed by atoms with Crippen LogP contribution in [0.15, 0.2) is 42.5 Å². The number of rotatable bonds is 3. The SMILES string of the molecule is Cc1ccc(C(C)NC(=S)Nc2ccc3c(c2)OCO3)cc1. The second-order valence-corrected chi connectivity index (χ2v) is 5.71. The summed E-state index contributed by atoms with van der Waals surface area (Å²) >= 11 is 5.37. The molecule has 0 bridgehead atoms. The maximum Gasteiger partial charge on any atom is 0.231 e. The number of thiocarbonyl (C=S) groups is 1. The van der Waals surface area contributed by atoms with Crippen LogP contribution >= 0.6 is 12.2 Å². The third kappa shape index (κ3) is 3.31. The van der Waals surface area contributed by atoms with Gasteiger partial charge in [-0.3, -0.25) is 0 Å². The Hall–Kier alpha value is -2.27. The zero-order valence-corrected chi connectivity index (χ0v) is 13.4. The summed E-state index contributed by atoms with van der Waals surface area (Å²) in [6.07, 6.45) is 0. The summed E-state index contributed by atoms with van der Waals surface area (Å²) in [5.41, 5.74) is 3.32. The standard InChI is InChI=1S/C17H18N2O2S/c1-11-3-5-13(6-4-11)12(2)18-17(22)19-14-7-8-15-16(9-14)21-10-20-15/h3-9,12H,10H2,1-2H3,(H2,18,19,22). The van der Waals surface area contributed by atoms with Crippen LogP contribution in [0.1, 0.15) is 24.1 Å². The van der Waals surface area contributed by atoms with Crippen molar-refractivity contribution >= 4 is 23.0 Å². The minimum atomic E-state index is 0.134. The van der Waals surface area contributed by atoms with Crippen molar-refractivity contribution in [1.82, 2.24) is 5.32 Å². The Labute approximate surface area is 135 Å². The molecule has 3 rings (SSSR count). The first-order valence-electron chi connectivity index (χ1n) is 7.15. The molecule has 0 spiro atoms. The predicted molar refractivity (Wildman–Crippen MR) is 91.5 cm³/mol. The average Bonchev–Trinajstić information content (AvgIpc) is 2.95. The molecule has 5 heteroatoms. The zero-order valence-electron chi connectivity index (χ0n) is 12.6. The molecule has 4 nitrogen and oxygen atoms in total. The summed E-state index contributed by atoms with van der Waals surface area (Å²) in [5, 5.41) is 7.02. The van der Waals surface area contributed by atoms with Gasteiger partial charge >= 0.3 is 0 Å². The van der Waals surface area contributed by atoms with Gasteiger partial charge in [0.15, 0.2) is 16.6 Å². The minimum Gasteiger partial charge on any atom is -0.454 e. The van der Waals surface area contributed by atoms with E-state index in [2.05, 4.69) is 48.7 Å². The Morgan fingerprint density at radius 2 is 1.82 bits per heavy atom. The Kier molecular flexibility index (Phi) is 4.15. The van der Waals surface area contributed by atoms with Gasteiger partial charge in [-0.2, -0.15) is 0 Å². The van der Waals surface area contributed by atoms with Gasteiger partial charge in [-0.25, -0.2) is 0 Å². The maximum absolute atomic E-state index is 5.37. The minimum absolute atomic E-state index is 0.134. The van der Waals surface area contributed by atoms with E-state index in [4.69, 9.17) is 21.7 Å². The number of hydrogen-bond acceptors (Lipinski definition) is 3. The fourth-order valence-corrected chi connectivity index (χ4v) is 2.57. The molecule has 0 amide bonds. The second-order valence-electron chi connectivity index (χ2n) is 5.30. The lowest BCUT2D eigenvalue weighted by molar-refractivity contribution is 0.174. The van der Waals surface area contributed by atoms with Crippen molar-refractivity contribution < 1.29 is 9.47 Å². The number of aryl methyl sites for hydroxylation is 1. The van der Waals surface area contributed by atoms with Crippen molar-refractivity contribution in [2.75, 3.05) is 12.1 Å². The average molecular weight is 314 g/mol. The Morgan fingerprint density at radius 1 is 1.09 bits per heavy atom. The van der Waals surface area contributed by atoms with Crippen LogP contribution in [0.5, 0.6) is 11.5 Å². The van der Waals surface area contributed by atoms with Crippen LogP contribution in [-0.2, 0) is 0 Å². The molecule has 0 saturated carbocycles. The molecule has 0 radical (unpaired) electrons. The van der Waals surface area contributed by atoms with E-state index in [9.17, 15) is 0 Å². The highest BCUT2D eigenvalue weighted by molar-refractivity contribution is 7.80. The molecule has 1 aliphatic heterocycles. The largest absolute Gasteiger partial charge is 0.454 e. The van der Waals surface area contributed by atoms with Crippen LogP contribution < -0.4 is 20.1 Å². The third-order valence-corrected chi connectivity index (χ3v) is 3.78. The Morgan fingerprint density at radius 3 is 2.59 bits per heavy atom. The molecule has 2 aromatic carbocycles. The quantitative estimate of drug-likeness (QED) is 0.844. The van der Waals surface area contributed by atoms with E-state index in [0.717, 1.165) is 17.2 Å². The van der Waals surface area contributed by atoms with Gasteiger partial charge in [-0.05, 0) is 43.8 Å². The topological polar surface area (TPSA) is 42.5 Å². The van der Waals surface area contributed by atoms with Crippen LogP contribution in [0.2, 0.25) is 0 Å². The van der Waals surface area contributed by atoms with Gasteiger partial charge < -0.3 is 20.1 Å². The van der Waals surface area contributed by atoms with Gasteiger partial charge in [0.2, 0.25) is 6.79 Å². The molecule has 1 atom stereocenters. The maximum atomic E-state index is 5.37. The van der Waals surface area contributed by atoms with Gasteiger partial charge in [-0.1, -0.05) is 29.8 Å². The first-order valence-corrected chi connectivity index (χ1v) is 7.56. The van der Waals surface area contributed by atoms with Crippen molar-refractivity contribution in [2.24, 2.45) is 0 Å². The van der Waals surface area contributed by atoms with Crippen LogP contribution in [0.3, 0.4) is 0 Å². The third-order valence-electron chi connectivity index (χ3n) is 3.56. The first-order chi connectivity index (χ1) is 10.6. The van der Waals surface area contributed by atoms with E-state index in [0.29, 0.717) is 5.11 Å². The highest BCUT2D eigenvalue weighted by atomic mass is 32.1. The Balaban J connectivity index is 1.61. The highest BCUT2D eigenvalue weighted by Crippen LogP contribution is 2.34. The monoisotopic (exact) mass is 314 g/mol. The molecule has 2 N–H and O–H groups in total. The summed E-state index contributed by atoms with van der Waals surface area (Å²) < 4.78 is 10.6. The van der Waals surface area contributed by atoms with E-state index >= 15 is 0 Å². The van der Waals surface area contributed by atoms with E-state index in [1.807, 2.05) is 18.2 Å². The summed E-state index contributed by atoms with van der Waals surface area (Å²) in [5.74, 6) is 1.50. The predicted octanol–water partition coefficient (Wildman–Crippen LogP) is 3.77. The van der Waals surface area contributed by atoms with Gasteiger partial charge in [0.05, 0.1) is 6.04 Å².